The molecule has 0 unspecified atom stereocenters. The van der Waals surface area contributed by atoms with E-state index in [0.29, 0.717) is 0 Å². The molecule has 2 aromatic heterocycles. The van der Waals surface area contributed by atoms with Gasteiger partial charge in [-0.15, -0.1) is 0 Å². The Kier molecular flexibility index (Phi) is 7.99. The first-order chi connectivity index (χ1) is 31.9. The molecule has 0 radical (unpaired) electrons. The van der Waals surface area contributed by atoms with Crippen LogP contribution in [0, 0.1) is 27.7 Å². The maximum atomic E-state index is 2.72. The summed E-state index contributed by atoms with van der Waals surface area (Å²) >= 11 is 0. The van der Waals surface area contributed by atoms with Crippen molar-refractivity contribution in [2.75, 3.05) is 9.62 Å². The molecule has 4 aliphatic rings. The van der Waals surface area contributed by atoms with Crippen molar-refractivity contribution < 1.29 is 0 Å². The van der Waals surface area contributed by atoms with E-state index in [9.17, 15) is 0 Å². The lowest BCUT2D eigenvalue weighted by Gasteiger charge is -2.39. The topological polar surface area (TPSA) is 16.3 Å². The van der Waals surface area contributed by atoms with Crippen LogP contribution in [0.25, 0.3) is 65.9 Å². The molecule has 0 amide bonds. The quantitative estimate of drug-likeness (QED) is 0.141. The number of anilines is 4. The zero-order chi connectivity index (χ0) is 47.8. The van der Waals surface area contributed by atoms with Crippen molar-refractivity contribution in [2.24, 2.45) is 0 Å². The molecule has 4 nitrogen and oxygen atoms in total. The lowest BCUT2D eigenvalue weighted by atomic mass is 9.54. The highest BCUT2D eigenvalue weighted by Crippen LogP contribution is 2.55. The number of hydrogen-bond donors (Lipinski definition) is 0. The van der Waals surface area contributed by atoms with Crippen LogP contribution in [0.5, 0.6) is 0 Å². The molecule has 68 heavy (non-hydrogen) atoms. The van der Waals surface area contributed by atoms with Crippen molar-refractivity contribution in [3.05, 3.63) is 142 Å². The highest BCUT2D eigenvalue weighted by atomic mass is 15.2. The highest BCUT2D eigenvalue weighted by molar-refractivity contribution is 6.85. The summed E-state index contributed by atoms with van der Waals surface area (Å²) in [7, 11) is 0. The van der Waals surface area contributed by atoms with Gasteiger partial charge in [-0.25, -0.2) is 0 Å². The summed E-state index contributed by atoms with van der Waals surface area (Å²) in [5, 5.41) is 5.52. The summed E-state index contributed by atoms with van der Waals surface area (Å²) in [6, 6.07) is 39.7. The van der Waals surface area contributed by atoms with E-state index in [1.807, 2.05) is 0 Å². The largest absolute Gasteiger partial charge is 0.421 e. The molecule has 6 heterocycles. The van der Waals surface area contributed by atoms with Crippen LogP contribution >= 0.6 is 0 Å². The smallest absolute Gasteiger partial charge is 0.359 e. The third kappa shape index (κ3) is 5.30. The van der Waals surface area contributed by atoms with Crippen molar-refractivity contribution in [1.82, 2.24) is 8.96 Å². The van der Waals surface area contributed by atoms with Crippen LogP contribution in [0.1, 0.15) is 128 Å². The molecule has 0 saturated carbocycles. The fraction of sp³-hybridized carbons (Fsp3) is 0.323. The fourth-order valence-electron chi connectivity index (χ4n) is 12.8. The predicted octanol–water partition coefficient (Wildman–Crippen LogP) is 15.1. The van der Waals surface area contributed by atoms with Gasteiger partial charge in [-0.2, -0.15) is 0 Å². The SMILES string of the molecule is Cc1cc2c3c(c1C)c1cc(C(C)(C)C)ccc1n3B1c3cc4c(cc3-c3cc(C(C)(C)C)ccc3N12)B1N(c2ccc(C(C)(C)C)cc2-4)c2cc(C)c(C)c3c4cc(C(C)(C)C)ccc4n1c23. The van der Waals surface area contributed by atoms with Gasteiger partial charge in [0.25, 0.3) is 0 Å². The lowest BCUT2D eigenvalue weighted by Crippen LogP contribution is -2.55. The van der Waals surface area contributed by atoms with Gasteiger partial charge >= 0.3 is 14.0 Å². The zero-order valence-electron chi connectivity index (χ0n) is 43.2. The van der Waals surface area contributed by atoms with Crippen LogP contribution in [0.2, 0.25) is 0 Å². The molecule has 338 valence electrons. The Hall–Kier alpha value is -6.13. The molecule has 6 heteroatoms. The van der Waals surface area contributed by atoms with E-state index in [1.54, 1.807) is 0 Å². The van der Waals surface area contributed by atoms with E-state index in [2.05, 4.69) is 226 Å². The van der Waals surface area contributed by atoms with E-state index in [-0.39, 0.29) is 35.6 Å². The van der Waals surface area contributed by atoms with Gasteiger partial charge in [0.05, 0.1) is 22.4 Å². The van der Waals surface area contributed by atoms with E-state index >= 15 is 0 Å². The van der Waals surface area contributed by atoms with Gasteiger partial charge in [0, 0.05) is 55.1 Å². The normalized spacial score (nSPS) is 14.9. The number of aromatic nitrogens is 2. The third-order valence-electron chi connectivity index (χ3n) is 17.0. The maximum Gasteiger partial charge on any atom is 0.421 e. The van der Waals surface area contributed by atoms with Crippen molar-refractivity contribution in [2.45, 2.75) is 132 Å². The lowest BCUT2D eigenvalue weighted by molar-refractivity contribution is 0.590. The molecule has 0 N–H and O–H groups in total. The van der Waals surface area contributed by atoms with Crippen LogP contribution in [-0.4, -0.2) is 22.9 Å². The summed E-state index contributed by atoms with van der Waals surface area (Å²) in [5.74, 6) is 0. The molecular formula is C62H64B2N4. The van der Waals surface area contributed by atoms with Crippen LogP contribution < -0.4 is 20.5 Å². The maximum absolute atomic E-state index is 2.72. The highest BCUT2D eigenvalue weighted by Gasteiger charge is 2.50. The molecule has 0 spiro atoms. The number of aryl methyl sites for hydroxylation is 4. The average molecular weight is 887 g/mol. The fourth-order valence-corrected chi connectivity index (χ4v) is 12.8. The van der Waals surface area contributed by atoms with Crippen molar-refractivity contribution in [3.63, 3.8) is 0 Å². The van der Waals surface area contributed by atoms with Crippen LogP contribution in [0.3, 0.4) is 0 Å². The Morgan fingerprint density at radius 1 is 0.353 bits per heavy atom. The first-order valence-corrected chi connectivity index (χ1v) is 25.2. The minimum atomic E-state index is -0.0618. The average Bonchev–Trinajstić information content (AvgIpc) is 3.99. The van der Waals surface area contributed by atoms with Gasteiger partial charge in [-0.05, 0) is 177 Å². The Morgan fingerprint density at radius 2 is 0.691 bits per heavy atom. The van der Waals surface area contributed by atoms with E-state index in [4.69, 9.17) is 0 Å². The first-order valence-electron chi connectivity index (χ1n) is 25.2. The number of benzene rings is 7. The Morgan fingerprint density at radius 3 is 1.04 bits per heavy atom. The van der Waals surface area contributed by atoms with Crippen molar-refractivity contribution in [1.29, 1.82) is 0 Å². The molecule has 0 atom stereocenters. The van der Waals surface area contributed by atoms with Crippen LogP contribution in [-0.2, 0) is 21.7 Å². The molecule has 0 fully saturated rings. The Labute approximate surface area is 404 Å². The molecule has 13 rings (SSSR count). The summed E-state index contributed by atoms with van der Waals surface area (Å²) in [6.07, 6.45) is 0. The molecule has 0 aliphatic carbocycles. The number of hydrogen-bond acceptors (Lipinski definition) is 2. The molecular weight excluding hydrogens is 822 g/mol. The number of rotatable bonds is 0. The summed E-state index contributed by atoms with van der Waals surface area (Å²) < 4.78 is 5.44. The Bertz CT molecular complexity index is 3540. The van der Waals surface area contributed by atoms with E-state index in [1.165, 1.54) is 144 Å². The molecule has 0 saturated heterocycles. The predicted molar refractivity (Wildman–Crippen MR) is 296 cm³/mol. The Balaban J connectivity index is 1.17. The van der Waals surface area contributed by atoms with Gasteiger partial charge in [0.1, 0.15) is 0 Å². The van der Waals surface area contributed by atoms with Crippen molar-refractivity contribution >= 4 is 91.3 Å². The minimum absolute atomic E-state index is 0.0192. The second-order valence-electron chi connectivity index (χ2n) is 25.3. The van der Waals surface area contributed by atoms with Crippen LogP contribution in [0.4, 0.5) is 22.7 Å². The summed E-state index contributed by atoms with van der Waals surface area (Å²) in [6.45, 7) is 37.4. The number of nitrogens with zero attached hydrogens (tertiary/aromatic N) is 4. The molecule has 7 aromatic carbocycles. The summed E-state index contributed by atoms with van der Waals surface area (Å²) in [4.78, 5) is 5.41. The molecule has 9 aromatic rings. The molecule has 0 bridgehead atoms. The van der Waals surface area contributed by atoms with E-state index < -0.39 is 0 Å². The first kappa shape index (κ1) is 42.0. The zero-order valence-corrected chi connectivity index (χ0v) is 43.2. The number of fused-ring (bicyclic) bond motifs is 22. The van der Waals surface area contributed by atoms with Gasteiger partial charge in [0.15, 0.2) is 0 Å². The monoisotopic (exact) mass is 887 g/mol. The third-order valence-corrected chi connectivity index (χ3v) is 17.0. The second kappa shape index (κ2) is 12.9. The van der Waals surface area contributed by atoms with Crippen LogP contribution in [0.15, 0.2) is 97.1 Å². The summed E-state index contributed by atoms with van der Waals surface area (Å²) in [5.41, 5.74) is 29.5. The van der Waals surface area contributed by atoms with Gasteiger partial charge in [-0.1, -0.05) is 119 Å². The molecule has 4 aliphatic heterocycles. The minimum Gasteiger partial charge on any atom is -0.359 e. The van der Waals surface area contributed by atoms with Gasteiger partial charge < -0.3 is 18.6 Å². The van der Waals surface area contributed by atoms with Gasteiger partial charge in [0.2, 0.25) is 0 Å². The van der Waals surface area contributed by atoms with E-state index in [0.717, 1.165) is 0 Å². The standard InChI is InChI=1S/C62H64B2N4/c1-33-25-53-57-55(35(33)3)45-29-39(61(11,12)13)19-23-51(45)67(57)63-47-31-42-44-28-38(60(8,9)10)18-22-50(44)66-54-26-34(2)36(4)56-46-30-40(62(14,15)16)20-24-52(46)68(58(54)56)64(66)48(42)32-41(47)43-27-37(59(5,6)7)17-21-49(43)65(53)63/h17-32H,1-16H3. The van der Waals surface area contributed by atoms with Gasteiger partial charge in [-0.3, -0.25) is 0 Å². The second-order valence-corrected chi connectivity index (χ2v) is 25.3. The van der Waals surface area contributed by atoms with Crippen molar-refractivity contribution in [3.8, 4) is 22.3 Å².